The molecule has 0 bridgehead atoms. The van der Waals surface area contributed by atoms with Crippen LogP contribution < -0.4 is 5.32 Å². The van der Waals surface area contributed by atoms with E-state index in [-0.39, 0.29) is 5.69 Å². The number of aromatic nitrogens is 5. The highest BCUT2D eigenvalue weighted by molar-refractivity contribution is 5.93. The zero-order chi connectivity index (χ0) is 20.6. The fraction of sp³-hybridized carbons (Fsp3) is 0.190. The normalized spacial score (nSPS) is 11.4. The Kier molecular flexibility index (Phi) is 4.35. The van der Waals surface area contributed by atoms with Crippen LogP contribution in [-0.4, -0.2) is 35.9 Å². The number of carbonyl (C=O) groups is 1. The van der Waals surface area contributed by atoms with Crippen LogP contribution in [-0.2, 0) is 7.05 Å². The van der Waals surface area contributed by atoms with Gasteiger partial charge in [0.05, 0.1) is 23.8 Å². The summed E-state index contributed by atoms with van der Waals surface area (Å²) in [5, 5.41) is 12.7. The maximum absolute atomic E-state index is 12.4. The monoisotopic (exact) mass is 385 g/mol. The van der Waals surface area contributed by atoms with Crippen molar-refractivity contribution in [2.75, 3.05) is 0 Å². The van der Waals surface area contributed by atoms with E-state index < -0.39 is 11.4 Å². The van der Waals surface area contributed by atoms with Crippen LogP contribution in [0.15, 0.2) is 49.1 Å². The first-order chi connectivity index (χ1) is 13.8. The lowest BCUT2D eigenvalue weighted by atomic mass is 10.1. The summed E-state index contributed by atoms with van der Waals surface area (Å²) in [6, 6.07) is 11.2. The number of aromatic amines is 1. The smallest absolute Gasteiger partial charge is 0.271 e. The Bertz CT molecular complexity index is 1260. The third-order valence-corrected chi connectivity index (χ3v) is 4.43. The van der Waals surface area contributed by atoms with Crippen LogP contribution in [0.25, 0.3) is 33.7 Å². The molecule has 0 aliphatic rings. The molecule has 4 rings (SSSR count). The van der Waals surface area contributed by atoms with Gasteiger partial charge in [-0.3, -0.25) is 4.79 Å². The molecule has 8 heteroatoms. The molecule has 2 N–H and O–H groups in total. The van der Waals surface area contributed by atoms with Crippen molar-refractivity contribution in [1.82, 2.24) is 29.8 Å². The first kappa shape index (κ1) is 18.4. The van der Waals surface area contributed by atoms with Gasteiger partial charge in [0.15, 0.2) is 0 Å². The van der Waals surface area contributed by atoms with Crippen LogP contribution in [0.5, 0.6) is 0 Å². The van der Waals surface area contributed by atoms with Crippen LogP contribution in [0.1, 0.15) is 24.3 Å². The highest BCUT2D eigenvalue weighted by Crippen LogP contribution is 2.25. The minimum atomic E-state index is -0.970. The zero-order valence-corrected chi connectivity index (χ0v) is 16.3. The Morgan fingerprint density at radius 3 is 2.79 bits per heavy atom. The predicted molar refractivity (Wildman–Crippen MR) is 109 cm³/mol. The maximum atomic E-state index is 12.4. The van der Waals surface area contributed by atoms with Crippen molar-refractivity contribution in [3.05, 3.63) is 54.7 Å². The average molecular weight is 385 g/mol. The molecule has 0 aliphatic heterocycles. The number of imidazole rings is 1. The highest BCUT2D eigenvalue weighted by atomic mass is 16.2. The van der Waals surface area contributed by atoms with Gasteiger partial charge in [-0.05, 0) is 38.1 Å². The van der Waals surface area contributed by atoms with Gasteiger partial charge in [0.1, 0.15) is 22.6 Å². The molecule has 29 heavy (non-hydrogen) atoms. The fourth-order valence-electron chi connectivity index (χ4n) is 2.94. The number of H-pyrrole nitrogens is 1. The lowest BCUT2D eigenvalue weighted by molar-refractivity contribution is 0.0924. The second kappa shape index (κ2) is 6.87. The van der Waals surface area contributed by atoms with E-state index in [1.165, 1.54) is 0 Å². The number of pyridine rings is 2. The van der Waals surface area contributed by atoms with Crippen molar-refractivity contribution < 1.29 is 4.79 Å². The molecule has 0 atom stereocenters. The topological polar surface area (TPSA) is 112 Å². The van der Waals surface area contributed by atoms with Crippen LogP contribution in [0.4, 0.5) is 0 Å². The summed E-state index contributed by atoms with van der Waals surface area (Å²) >= 11 is 0. The van der Waals surface area contributed by atoms with Gasteiger partial charge in [-0.2, -0.15) is 5.26 Å². The van der Waals surface area contributed by atoms with Gasteiger partial charge < -0.3 is 14.9 Å². The Hall–Kier alpha value is -3.99. The molecular weight excluding hydrogens is 366 g/mol. The number of nitrogens with zero attached hydrogens (tertiary/aromatic N) is 5. The summed E-state index contributed by atoms with van der Waals surface area (Å²) < 4.78 is 1.88. The molecule has 0 aliphatic carbocycles. The second-order valence-electron chi connectivity index (χ2n) is 7.37. The summed E-state index contributed by atoms with van der Waals surface area (Å²) in [6.07, 6.45) is 5.38. The molecule has 4 aromatic heterocycles. The van der Waals surface area contributed by atoms with E-state index in [1.54, 1.807) is 38.5 Å². The number of hydrogen-bond acceptors (Lipinski definition) is 5. The third kappa shape index (κ3) is 3.71. The highest BCUT2D eigenvalue weighted by Gasteiger charge is 2.21. The van der Waals surface area contributed by atoms with E-state index in [0.29, 0.717) is 5.69 Å². The number of nitrogens with one attached hydrogen (secondary N) is 2. The molecule has 0 radical (unpaired) electrons. The number of aryl methyl sites for hydroxylation is 1. The standard InChI is InChI=1S/C21H19N7O/c1-21(2,11-22)27-20(29)16-6-4-5-15(25-16)14-7-13-8-17(26-19(13)23-9-14)18-10-28(3)12-24-18/h4-10,12H,1-3H3,(H,23,26)(H,27,29). The molecule has 0 fully saturated rings. The summed E-state index contributed by atoms with van der Waals surface area (Å²) in [4.78, 5) is 29.0. The van der Waals surface area contributed by atoms with Crippen LogP contribution in [0, 0.1) is 11.3 Å². The number of hydrogen-bond donors (Lipinski definition) is 2. The van der Waals surface area contributed by atoms with Crippen molar-refractivity contribution in [2.45, 2.75) is 19.4 Å². The van der Waals surface area contributed by atoms with E-state index in [1.807, 2.05) is 42.1 Å². The predicted octanol–water partition coefficient (Wildman–Crippen LogP) is 3.06. The molecule has 0 aromatic carbocycles. The molecule has 144 valence electrons. The van der Waals surface area contributed by atoms with Crippen molar-refractivity contribution in [3.8, 4) is 28.7 Å². The van der Waals surface area contributed by atoms with Crippen molar-refractivity contribution >= 4 is 16.9 Å². The van der Waals surface area contributed by atoms with E-state index in [9.17, 15) is 4.79 Å². The third-order valence-electron chi connectivity index (χ3n) is 4.43. The minimum absolute atomic E-state index is 0.245. The van der Waals surface area contributed by atoms with Crippen LogP contribution >= 0.6 is 0 Å². The van der Waals surface area contributed by atoms with Gasteiger partial charge in [-0.15, -0.1) is 0 Å². The quantitative estimate of drug-likeness (QED) is 0.561. The van der Waals surface area contributed by atoms with Gasteiger partial charge in [0.25, 0.3) is 5.91 Å². The van der Waals surface area contributed by atoms with Gasteiger partial charge >= 0.3 is 0 Å². The SMILES string of the molecule is Cn1cnc(-c2cc3cc(-c4cccc(C(=O)NC(C)(C)C#N)n4)cnc3[nH]2)c1. The fourth-order valence-corrected chi connectivity index (χ4v) is 2.94. The number of nitriles is 1. The maximum Gasteiger partial charge on any atom is 0.271 e. The summed E-state index contributed by atoms with van der Waals surface area (Å²) in [5.74, 6) is -0.397. The summed E-state index contributed by atoms with van der Waals surface area (Å²) in [6.45, 7) is 3.27. The molecule has 4 heterocycles. The average Bonchev–Trinajstić information content (AvgIpc) is 3.33. The number of rotatable bonds is 4. The van der Waals surface area contributed by atoms with E-state index in [4.69, 9.17) is 5.26 Å². The van der Waals surface area contributed by atoms with Gasteiger partial charge in [0.2, 0.25) is 0 Å². The zero-order valence-electron chi connectivity index (χ0n) is 16.3. The molecular formula is C21H19N7O. The minimum Gasteiger partial charge on any atom is -0.340 e. The summed E-state index contributed by atoms with van der Waals surface area (Å²) in [7, 11) is 1.92. The van der Waals surface area contributed by atoms with Crippen molar-refractivity contribution in [1.29, 1.82) is 5.26 Å². The first-order valence-corrected chi connectivity index (χ1v) is 9.03. The lowest BCUT2D eigenvalue weighted by Gasteiger charge is -2.17. The van der Waals surface area contributed by atoms with E-state index in [2.05, 4.69) is 25.3 Å². The Morgan fingerprint density at radius 2 is 2.07 bits per heavy atom. The molecule has 0 unspecified atom stereocenters. The number of fused-ring (bicyclic) bond motifs is 1. The Morgan fingerprint density at radius 1 is 1.24 bits per heavy atom. The largest absolute Gasteiger partial charge is 0.340 e. The van der Waals surface area contributed by atoms with Gasteiger partial charge in [-0.25, -0.2) is 15.0 Å². The van der Waals surface area contributed by atoms with Gasteiger partial charge in [0, 0.05) is 30.4 Å². The van der Waals surface area contributed by atoms with Crippen LogP contribution in [0.3, 0.4) is 0 Å². The summed E-state index contributed by atoms with van der Waals surface area (Å²) in [5.41, 5.74) is 3.16. The van der Waals surface area contributed by atoms with Crippen molar-refractivity contribution in [3.63, 3.8) is 0 Å². The molecule has 4 aromatic rings. The molecule has 1 amide bonds. The lowest BCUT2D eigenvalue weighted by Crippen LogP contribution is -2.42. The van der Waals surface area contributed by atoms with E-state index >= 15 is 0 Å². The van der Waals surface area contributed by atoms with Crippen molar-refractivity contribution in [2.24, 2.45) is 7.05 Å². The number of amides is 1. The van der Waals surface area contributed by atoms with Gasteiger partial charge in [-0.1, -0.05) is 6.07 Å². The van der Waals surface area contributed by atoms with Crippen LogP contribution in [0.2, 0.25) is 0 Å². The molecule has 0 saturated carbocycles. The Labute approximate surface area is 167 Å². The van der Waals surface area contributed by atoms with E-state index in [0.717, 1.165) is 28.0 Å². The number of carbonyl (C=O) groups excluding carboxylic acids is 1. The molecule has 8 nitrogen and oxygen atoms in total. The second-order valence-corrected chi connectivity index (χ2v) is 7.37. The molecule has 0 saturated heterocycles. The molecule has 0 spiro atoms. The first-order valence-electron chi connectivity index (χ1n) is 9.03. The Balaban J connectivity index is 1.66.